The molecule has 1 heterocycles. The Bertz CT molecular complexity index is 1730. The highest BCUT2D eigenvalue weighted by molar-refractivity contribution is 7.94. The number of rotatable bonds is 8. The molecule has 3 N–H and O–H groups in total. The lowest BCUT2D eigenvalue weighted by Gasteiger charge is -2.13. The molecule has 4 aromatic rings. The minimum Gasteiger partial charge on any atom is -0.353 e. The summed E-state index contributed by atoms with van der Waals surface area (Å²) in [5, 5.41) is 5.46. The maximum absolute atomic E-state index is 14.0. The van der Waals surface area contributed by atoms with Crippen LogP contribution in [0.5, 0.6) is 0 Å². The van der Waals surface area contributed by atoms with Crippen LogP contribution in [0.1, 0.15) is 34.1 Å². The van der Waals surface area contributed by atoms with Gasteiger partial charge in [-0.25, -0.2) is 22.2 Å². The first kappa shape index (κ1) is 28.1. The summed E-state index contributed by atoms with van der Waals surface area (Å²) in [7, 11) is -4.07. The van der Waals surface area contributed by atoms with Gasteiger partial charge in [-0.05, 0) is 61.9 Å². The van der Waals surface area contributed by atoms with E-state index in [2.05, 4.69) is 20.3 Å². The topological polar surface area (TPSA) is 117 Å². The van der Waals surface area contributed by atoms with Crippen LogP contribution >= 0.6 is 22.9 Å². The van der Waals surface area contributed by atoms with Gasteiger partial charge in [-0.3, -0.25) is 14.3 Å². The number of aryl methyl sites for hydroxylation is 2. The van der Waals surface area contributed by atoms with Crippen molar-refractivity contribution in [1.82, 2.24) is 4.98 Å². The minimum atomic E-state index is -4.07. The molecule has 0 saturated carbocycles. The first-order chi connectivity index (χ1) is 18.3. The predicted octanol–water partition coefficient (Wildman–Crippen LogP) is 6.43. The molecule has 0 aliphatic rings. The van der Waals surface area contributed by atoms with E-state index in [1.165, 1.54) is 50.2 Å². The lowest BCUT2D eigenvalue weighted by atomic mass is 9.98. The third-order valence-electron chi connectivity index (χ3n) is 5.44. The number of sulfonamides is 1. The van der Waals surface area contributed by atoms with Gasteiger partial charge in [0.05, 0.1) is 16.4 Å². The van der Waals surface area contributed by atoms with Gasteiger partial charge in [0.25, 0.3) is 10.0 Å². The molecular weight excluding hydrogens is 570 g/mol. The molecule has 0 bridgehead atoms. The summed E-state index contributed by atoms with van der Waals surface area (Å²) in [6.45, 7) is 4.49. The highest BCUT2D eigenvalue weighted by Crippen LogP contribution is 2.31. The van der Waals surface area contributed by atoms with E-state index in [-0.39, 0.29) is 48.5 Å². The third-order valence-corrected chi connectivity index (χ3v) is 8.82. The first-order valence-electron chi connectivity index (χ1n) is 11.3. The second-order valence-electron chi connectivity index (χ2n) is 8.48. The van der Waals surface area contributed by atoms with Crippen LogP contribution in [0.4, 0.5) is 31.0 Å². The Labute approximate surface area is 232 Å². The Morgan fingerprint density at radius 1 is 0.949 bits per heavy atom. The lowest BCUT2D eigenvalue weighted by molar-refractivity contribution is -0.114. The number of halogens is 3. The van der Waals surface area contributed by atoms with Crippen molar-refractivity contribution in [2.45, 2.75) is 25.0 Å². The van der Waals surface area contributed by atoms with E-state index in [9.17, 15) is 26.8 Å². The Morgan fingerprint density at radius 2 is 1.67 bits per heavy atom. The van der Waals surface area contributed by atoms with Gasteiger partial charge in [-0.15, -0.1) is 0 Å². The van der Waals surface area contributed by atoms with Crippen LogP contribution < -0.4 is 15.4 Å². The van der Waals surface area contributed by atoms with E-state index in [1.54, 1.807) is 13.0 Å². The van der Waals surface area contributed by atoms with Crippen LogP contribution in [0.2, 0.25) is 5.02 Å². The Kier molecular flexibility index (Phi) is 8.00. The van der Waals surface area contributed by atoms with Gasteiger partial charge >= 0.3 is 0 Å². The molecule has 0 atom stereocenters. The van der Waals surface area contributed by atoms with Crippen LogP contribution in [0.3, 0.4) is 0 Å². The maximum atomic E-state index is 14.0. The van der Waals surface area contributed by atoms with Crippen molar-refractivity contribution in [2.24, 2.45) is 0 Å². The molecule has 0 unspecified atom stereocenters. The molecule has 1 amide bonds. The van der Waals surface area contributed by atoms with Crippen molar-refractivity contribution >= 4 is 66.8 Å². The number of benzene rings is 3. The number of carbonyl (C=O) groups excluding carboxylic acids is 2. The molecule has 0 radical (unpaired) electrons. The molecular formula is C26H21ClF2N4O4S2. The average Bonchev–Trinajstić information content (AvgIpc) is 3.22. The summed E-state index contributed by atoms with van der Waals surface area (Å²) >= 11 is 7.18. The summed E-state index contributed by atoms with van der Waals surface area (Å²) < 4.78 is 55.6. The standard InChI is InChI=1S/C26H21ClF2N4O4S2/c1-13-4-6-18(33-39(36,37)25-14(2)30-26(38-25)31-15(3)34)11-20(13)24(35)19-8-7-17(12-21(19)27)32-23-9-5-16(28)10-22(23)29/h4-12,32-33H,1-3H3,(H,30,31,34). The second kappa shape index (κ2) is 11.1. The molecule has 39 heavy (non-hydrogen) atoms. The SMILES string of the molecule is CC(=O)Nc1nc(C)c(S(=O)(=O)Nc2ccc(C)c(C(=O)c3ccc(Nc4ccc(F)cc4F)cc3Cl)c2)s1. The molecule has 3 aromatic carbocycles. The van der Waals surface area contributed by atoms with Crippen LogP contribution in [-0.2, 0) is 14.8 Å². The van der Waals surface area contributed by atoms with Crippen molar-refractivity contribution in [3.8, 4) is 0 Å². The second-order valence-corrected chi connectivity index (χ2v) is 11.8. The third kappa shape index (κ3) is 6.41. The molecule has 0 aliphatic heterocycles. The smallest absolute Gasteiger partial charge is 0.273 e. The fourth-order valence-corrected chi connectivity index (χ4v) is 6.41. The van der Waals surface area contributed by atoms with Gasteiger partial charge in [0.15, 0.2) is 15.1 Å². The molecule has 0 aliphatic carbocycles. The number of amides is 1. The number of carbonyl (C=O) groups is 2. The lowest BCUT2D eigenvalue weighted by Crippen LogP contribution is -2.14. The van der Waals surface area contributed by atoms with Crippen molar-refractivity contribution in [1.29, 1.82) is 0 Å². The van der Waals surface area contributed by atoms with Gasteiger partial charge in [0.2, 0.25) is 5.91 Å². The normalized spacial score (nSPS) is 11.2. The fraction of sp³-hybridized carbons (Fsp3) is 0.115. The van der Waals surface area contributed by atoms with Crippen LogP contribution in [0.15, 0.2) is 58.8 Å². The number of hydrogen-bond donors (Lipinski definition) is 3. The molecule has 0 fully saturated rings. The Balaban J connectivity index is 1.58. The number of thiazole rings is 1. The number of ketones is 1. The van der Waals surface area contributed by atoms with Crippen molar-refractivity contribution in [3.63, 3.8) is 0 Å². The summed E-state index contributed by atoms with van der Waals surface area (Å²) in [6, 6.07) is 12.0. The van der Waals surface area contributed by atoms with Crippen LogP contribution in [0.25, 0.3) is 0 Å². The number of aromatic nitrogens is 1. The maximum Gasteiger partial charge on any atom is 0.273 e. The van der Waals surface area contributed by atoms with Gasteiger partial charge in [0, 0.05) is 35.5 Å². The van der Waals surface area contributed by atoms with Crippen LogP contribution in [0, 0.1) is 25.5 Å². The molecule has 0 spiro atoms. The summed E-state index contributed by atoms with van der Waals surface area (Å²) in [6.07, 6.45) is 0. The van der Waals surface area contributed by atoms with Crippen molar-refractivity contribution in [2.75, 3.05) is 15.4 Å². The quantitative estimate of drug-likeness (QED) is 0.204. The number of hydrogen-bond acceptors (Lipinski definition) is 7. The summed E-state index contributed by atoms with van der Waals surface area (Å²) in [5.41, 5.74) is 1.68. The average molecular weight is 591 g/mol. The molecule has 1 aromatic heterocycles. The Hall–Kier alpha value is -3.87. The van der Waals surface area contributed by atoms with Crippen molar-refractivity contribution < 1.29 is 26.8 Å². The summed E-state index contributed by atoms with van der Waals surface area (Å²) in [4.78, 5) is 28.7. The largest absolute Gasteiger partial charge is 0.353 e. The zero-order valence-corrected chi connectivity index (χ0v) is 23.1. The molecule has 202 valence electrons. The van der Waals surface area contributed by atoms with E-state index < -0.39 is 27.4 Å². The summed E-state index contributed by atoms with van der Waals surface area (Å²) in [5.74, 6) is -2.35. The van der Waals surface area contributed by atoms with E-state index in [4.69, 9.17) is 11.6 Å². The monoisotopic (exact) mass is 590 g/mol. The van der Waals surface area contributed by atoms with Gasteiger partial charge in [0.1, 0.15) is 11.6 Å². The zero-order chi connectivity index (χ0) is 28.5. The number of nitrogens with zero attached hydrogens (tertiary/aromatic N) is 1. The first-order valence-corrected chi connectivity index (χ1v) is 14.0. The fourth-order valence-electron chi connectivity index (χ4n) is 3.64. The zero-order valence-electron chi connectivity index (χ0n) is 20.7. The molecule has 0 saturated heterocycles. The number of anilines is 4. The van der Waals surface area contributed by atoms with Gasteiger partial charge in [-0.1, -0.05) is 29.0 Å². The van der Waals surface area contributed by atoms with E-state index >= 15 is 0 Å². The highest BCUT2D eigenvalue weighted by Gasteiger charge is 2.24. The molecule has 8 nitrogen and oxygen atoms in total. The highest BCUT2D eigenvalue weighted by atomic mass is 35.5. The van der Waals surface area contributed by atoms with E-state index in [1.807, 2.05) is 0 Å². The van der Waals surface area contributed by atoms with E-state index in [0.29, 0.717) is 11.3 Å². The van der Waals surface area contributed by atoms with Crippen LogP contribution in [-0.4, -0.2) is 25.1 Å². The number of nitrogens with one attached hydrogen (secondary N) is 3. The minimum absolute atomic E-state index is 0.0303. The predicted molar refractivity (Wildman–Crippen MR) is 148 cm³/mol. The van der Waals surface area contributed by atoms with Gasteiger partial charge in [-0.2, -0.15) is 0 Å². The Morgan fingerprint density at radius 3 is 2.33 bits per heavy atom. The van der Waals surface area contributed by atoms with E-state index in [0.717, 1.165) is 23.5 Å². The van der Waals surface area contributed by atoms with Gasteiger partial charge < -0.3 is 10.6 Å². The molecule has 13 heteroatoms. The molecule has 4 rings (SSSR count). The van der Waals surface area contributed by atoms with Crippen molar-refractivity contribution in [3.05, 3.63) is 93.6 Å².